The Kier molecular flexibility index (Phi) is 4.21. The minimum absolute atomic E-state index is 0.286. The van der Waals surface area contributed by atoms with Crippen LogP contribution in [0.15, 0.2) is 29.2 Å². The van der Waals surface area contributed by atoms with E-state index >= 15 is 0 Å². The number of hydrogen-bond donors (Lipinski definition) is 2. The maximum absolute atomic E-state index is 11.6. The first kappa shape index (κ1) is 13.3. The fraction of sp³-hybridized carbons (Fsp3) is 0.500. The number of rotatable bonds is 4. The number of anilines is 1. The van der Waals surface area contributed by atoms with Gasteiger partial charge in [0.25, 0.3) is 0 Å². The predicted octanol–water partition coefficient (Wildman–Crippen LogP) is 1.41. The van der Waals surface area contributed by atoms with Gasteiger partial charge in [0.2, 0.25) is 10.0 Å². The number of benzene rings is 1. The van der Waals surface area contributed by atoms with Gasteiger partial charge in [-0.3, -0.25) is 0 Å². The maximum atomic E-state index is 11.6. The number of nitrogens with one attached hydrogen (secondary N) is 2. The number of sulfonamides is 1. The van der Waals surface area contributed by atoms with E-state index in [1.807, 2.05) is 0 Å². The van der Waals surface area contributed by atoms with Gasteiger partial charge in [0, 0.05) is 18.8 Å². The first-order chi connectivity index (χ1) is 8.62. The Morgan fingerprint density at radius 1 is 1.06 bits per heavy atom. The van der Waals surface area contributed by atoms with Crippen LogP contribution >= 0.6 is 0 Å². The summed E-state index contributed by atoms with van der Waals surface area (Å²) in [5.74, 6) is 0. The molecule has 6 heteroatoms. The second kappa shape index (κ2) is 5.69. The lowest BCUT2D eigenvalue weighted by Gasteiger charge is -2.27. The molecule has 0 aliphatic carbocycles. The molecule has 2 rings (SSSR count). The minimum atomic E-state index is -3.34. The molecule has 2 N–H and O–H groups in total. The first-order valence-corrected chi connectivity index (χ1v) is 7.65. The van der Waals surface area contributed by atoms with E-state index in [-0.39, 0.29) is 4.90 Å². The molecule has 5 nitrogen and oxygen atoms in total. The molecule has 0 aromatic heterocycles. The molecule has 0 spiro atoms. The number of nitrogens with zero attached hydrogens (tertiary/aromatic N) is 1. The van der Waals surface area contributed by atoms with Gasteiger partial charge in [-0.25, -0.2) is 18.1 Å². The Labute approximate surface area is 108 Å². The highest BCUT2D eigenvalue weighted by Crippen LogP contribution is 2.16. The Bertz CT molecular complexity index is 479. The average molecular weight is 269 g/mol. The van der Waals surface area contributed by atoms with Crippen molar-refractivity contribution in [3.05, 3.63) is 24.3 Å². The molecule has 1 fully saturated rings. The Balaban J connectivity index is 2.03. The van der Waals surface area contributed by atoms with Crippen LogP contribution in [0.2, 0.25) is 0 Å². The molecule has 0 saturated carbocycles. The second-order valence-electron chi connectivity index (χ2n) is 4.39. The number of hydrazine groups is 1. The van der Waals surface area contributed by atoms with Gasteiger partial charge in [-0.1, -0.05) is 6.42 Å². The fourth-order valence-corrected chi connectivity index (χ4v) is 2.74. The molecule has 18 heavy (non-hydrogen) atoms. The second-order valence-corrected chi connectivity index (χ2v) is 6.28. The van der Waals surface area contributed by atoms with Crippen molar-refractivity contribution < 1.29 is 8.42 Å². The first-order valence-electron chi connectivity index (χ1n) is 6.17. The van der Waals surface area contributed by atoms with E-state index < -0.39 is 10.0 Å². The summed E-state index contributed by atoms with van der Waals surface area (Å²) in [6.07, 6.45) is 3.70. The summed E-state index contributed by atoms with van der Waals surface area (Å²) in [6, 6.07) is 6.80. The fourth-order valence-electron chi connectivity index (χ4n) is 2.01. The molecule has 1 aromatic rings. The molecule has 1 aromatic carbocycles. The van der Waals surface area contributed by atoms with E-state index in [1.165, 1.54) is 26.3 Å². The van der Waals surface area contributed by atoms with E-state index in [4.69, 9.17) is 0 Å². The van der Waals surface area contributed by atoms with Crippen molar-refractivity contribution in [1.82, 2.24) is 9.73 Å². The normalized spacial score (nSPS) is 17.6. The molecule has 1 aliphatic heterocycles. The highest BCUT2D eigenvalue weighted by molar-refractivity contribution is 7.89. The predicted molar refractivity (Wildman–Crippen MR) is 71.7 cm³/mol. The van der Waals surface area contributed by atoms with Gasteiger partial charge in [-0.15, -0.1) is 0 Å². The van der Waals surface area contributed by atoms with Gasteiger partial charge in [0.15, 0.2) is 0 Å². The lowest BCUT2D eigenvalue weighted by molar-refractivity contribution is 0.273. The number of piperidine rings is 1. The third-order valence-electron chi connectivity index (χ3n) is 3.08. The molecule has 0 unspecified atom stereocenters. The molecule has 0 atom stereocenters. The van der Waals surface area contributed by atoms with Gasteiger partial charge in [0.05, 0.1) is 4.90 Å². The smallest absolute Gasteiger partial charge is 0.240 e. The van der Waals surface area contributed by atoms with E-state index in [0.717, 1.165) is 18.8 Å². The van der Waals surface area contributed by atoms with Crippen molar-refractivity contribution in [2.75, 3.05) is 25.6 Å². The monoisotopic (exact) mass is 269 g/mol. The molecule has 1 heterocycles. The summed E-state index contributed by atoms with van der Waals surface area (Å²) >= 11 is 0. The van der Waals surface area contributed by atoms with E-state index in [0.29, 0.717) is 0 Å². The van der Waals surface area contributed by atoms with Crippen molar-refractivity contribution in [2.45, 2.75) is 24.2 Å². The van der Waals surface area contributed by atoms with Crippen LogP contribution in [0, 0.1) is 0 Å². The van der Waals surface area contributed by atoms with Crippen molar-refractivity contribution in [3.63, 3.8) is 0 Å². The molecule has 0 amide bonds. The Hall–Kier alpha value is -1.11. The van der Waals surface area contributed by atoms with Crippen molar-refractivity contribution in [3.8, 4) is 0 Å². The minimum Gasteiger partial charge on any atom is -0.319 e. The maximum Gasteiger partial charge on any atom is 0.240 e. The summed E-state index contributed by atoms with van der Waals surface area (Å²) in [5, 5.41) is 2.17. The van der Waals surface area contributed by atoms with Gasteiger partial charge in [-0.2, -0.15) is 0 Å². The van der Waals surface area contributed by atoms with E-state index in [1.54, 1.807) is 24.3 Å². The SMILES string of the molecule is CNS(=O)(=O)c1ccc(NN2CCCCC2)cc1. The largest absolute Gasteiger partial charge is 0.319 e. The third kappa shape index (κ3) is 3.22. The van der Waals surface area contributed by atoms with Crippen LogP contribution < -0.4 is 10.1 Å². The number of hydrogen-bond acceptors (Lipinski definition) is 4. The zero-order valence-electron chi connectivity index (χ0n) is 10.5. The summed E-state index contributed by atoms with van der Waals surface area (Å²) < 4.78 is 25.4. The highest BCUT2D eigenvalue weighted by atomic mass is 32.2. The van der Waals surface area contributed by atoms with Crippen LogP contribution in [0.4, 0.5) is 5.69 Å². The summed E-state index contributed by atoms with van der Waals surface area (Å²) in [4.78, 5) is 0.286. The van der Waals surface area contributed by atoms with Gasteiger partial charge in [-0.05, 0) is 44.2 Å². The van der Waals surface area contributed by atoms with Crippen LogP contribution in [0.25, 0.3) is 0 Å². The van der Waals surface area contributed by atoms with Crippen LogP contribution in [0.1, 0.15) is 19.3 Å². The molecular weight excluding hydrogens is 250 g/mol. The lowest BCUT2D eigenvalue weighted by atomic mass is 10.2. The molecule has 1 saturated heterocycles. The molecular formula is C12H19N3O2S. The van der Waals surface area contributed by atoms with Crippen LogP contribution in [0.3, 0.4) is 0 Å². The van der Waals surface area contributed by atoms with Crippen molar-refractivity contribution in [1.29, 1.82) is 0 Å². The van der Waals surface area contributed by atoms with E-state index in [2.05, 4.69) is 15.2 Å². The Morgan fingerprint density at radius 3 is 2.22 bits per heavy atom. The summed E-state index contributed by atoms with van der Waals surface area (Å²) in [5.41, 5.74) is 4.22. The van der Waals surface area contributed by atoms with Gasteiger partial charge in [0.1, 0.15) is 0 Å². The molecule has 0 radical (unpaired) electrons. The highest BCUT2D eigenvalue weighted by Gasteiger charge is 2.12. The average Bonchev–Trinajstić information content (AvgIpc) is 2.40. The zero-order chi connectivity index (χ0) is 13.0. The molecule has 0 bridgehead atoms. The zero-order valence-corrected chi connectivity index (χ0v) is 11.3. The van der Waals surface area contributed by atoms with Crippen LogP contribution in [-0.4, -0.2) is 33.6 Å². The Morgan fingerprint density at radius 2 is 1.67 bits per heavy atom. The van der Waals surface area contributed by atoms with Gasteiger partial charge >= 0.3 is 0 Å². The van der Waals surface area contributed by atoms with Crippen LogP contribution in [-0.2, 0) is 10.0 Å². The molecule has 100 valence electrons. The standard InChI is InChI=1S/C12H19N3O2S/c1-13-18(16,17)12-7-5-11(6-8-12)14-15-9-3-2-4-10-15/h5-8,13-14H,2-4,9-10H2,1H3. The molecule has 1 aliphatic rings. The lowest BCUT2D eigenvalue weighted by Crippen LogP contribution is -2.34. The topological polar surface area (TPSA) is 61.4 Å². The van der Waals surface area contributed by atoms with Crippen molar-refractivity contribution in [2.24, 2.45) is 0 Å². The van der Waals surface area contributed by atoms with Gasteiger partial charge < -0.3 is 5.43 Å². The van der Waals surface area contributed by atoms with Crippen molar-refractivity contribution >= 4 is 15.7 Å². The third-order valence-corrected chi connectivity index (χ3v) is 4.51. The van der Waals surface area contributed by atoms with E-state index in [9.17, 15) is 8.42 Å². The van der Waals surface area contributed by atoms with Crippen LogP contribution in [0.5, 0.6) is 0 Å². The summed E-state index contributed by atoms with van der Waals surface area (Å²) in [7, 11) is -1.93. The quantitative estimate of drug-likeness (QED) is 0.867. The summed E-state index contributed by atoms with van der Waals surface area (Å²) in [6.45, 7) is 2.08.